The molecule has 3 rings (SSSR count). The van der Waals surface area contributed by atoms with Crippen LogP contribution in [0, 0.1) is 0 Å². The molecule has 17 heavy (non-hydrogen) atoms. The summed E-state index contributed by atoms with van der Waals surface area (Å²) in [6.07, 6.45) is 3.70. The Labute approximate surface area is 100 Å². The second-order valence-electron chi connectivity index (χ2n) is 4.89. The first-order valence-electron chi connectivity index (χ1n) is 6.40. The minimum absolute atomic E-state index is 0.0255. The van der Waals surface area contributed by atoms with Crippen molar-refractivity contribution in [2.24, 2.45) is 0 Å². The van der Waals surface area contributed by atoms with Gasteiger partial charge >= 0.3 is 0 Å². The van der Waals surface area contributed by atoms with E-state index in [4.69, 9.17) is 0 Å². The third-order valence-electron chi connectivity index (χ3n) is 3.59. The molecule has 5 heteroatoms. The summed E-state index contributed by atoms with van der Waals surface area (Å²) in [5, 5.41) is 3.20. The van der Waals surface area contributed by atoms with Crippen molar-refractivity contribution in [3.8, 4) is 0 Å². The molecular formula is C12H18N4O. The van der Waals surface area contributed by atoms with Crippen LogP contribution in [0.5, 0.6) is 0 Å². The zero-order chi connectivity index (χ0) is 11.7. The molecule has 0 amide bonds. The normalized spacial score (nSPS) is 21.3. The molecule has 2 aliphatic heterocycles. The van der Waals surface area contributed by atoms with Crippen LogP contribution in [0.2, 0.25) is 0 Å². The molecule has 0 atom stereocenters. The van der Waals surface area contributed by atoms with Crippen molar-refractivity contribution >= 4 is 5.82 Å². The van der Waals surface area contributed by atoms with Crippen LogP contribution in [0.3, 0.4) is 0 Å². The fraction of sp³-hybridized carbons (Fsp3) is 0.667. The van der Waals surface area contributed by atoms with Gasteiger partial charge in [0.1, 0.15) is 11.6 Å². The molecule has 2 aliphatic rings. The highest BCUT2D eigenvalue weighted by atomic mass is 16.1. The lowest BCUT2D eigenvalue weighted by atomic mass is 10.0. The smallest absolute Gasteiger partial charge is 0.252 e. The lowest BCUT2D eigenvalue weighted by molar-refractivity contribution is 0.428. The van der Waals surface area contributed by atoms with Gasteiger partial charge in [-0.1, -0.05) is 0 Å². The first kappa shape index (κ1) is 10.8. The molecule has 3 heterocycles. The van der Waals surface area contributed by atoms with E-state index in [2.05, 4.69) is 20.2 Å². The third kappa shape index (κ3) is 2.20. The third-order valence-corrected chi connectivity index (χ3v) is 3.59. The van der Waals surface area contributed by atoms with Crippen molar-refractivity contribution in [2.75, 3.05) is 31.1 Å². The second kappa shape index (κ2) is 4.49. The van der Waals surface area contributed by atoms with Gasteiger partial charge in [-0.2, -0.15) is 0 Å². The highest BCUT2D eigenvalue weighted by Crippen LogP contribution is 2.19. The van der Waals surface area contributed by atoms with Crippen molar-refractivity contribution in [1.82, 2.24) is 15.3 Å². The van der Waals surface area contributed by atoms with Gasteiger partial charge in [0.15, 0.2) is 0 Å². The molecule has 0 aliphatic carbocycles. The quantitative estimate of drug-likeness (QED) is 0.780. The molecule has 0 bridgehead atoms. The molecule has 92 valence electrons. The summed E-state index contributed by atoms with van der Waals surface area (Å²) in [5.74, 6) is 2.08. The maximum atomic E-state index is 11.7. The number of hydrogen-bond acceptors (Lipinski definition) is 4. The lowest BCUT2D eigenvalue weighted by Gasteiger charge is -2.30. The summed E-state index contributed by atoms with van der Waals surface area (Å²) in [7, 11) is 0. The van der Waals surface area contributed by atoms with Gasteiger partial charge in [0.05, 0.1) is 0 Å². The van der Waals surface area contributed by atoms with Crippen LogP contribution < -0.4 is 15.8 Å². The minimum atomic E-state index is -0.0255. The van der Waals surface area contributed by atoms with E-state index >= 15 is 0 Å². The number of hydrogen-bond donors (Lipinski definition) is 2. The van der Waals surface area contributed by atoms with Crippen molar-refractivity contribution in [3.63, 3.8) is 0 Å². The number of rotatable bonds is 2. The molecule has 2 saturated heterocycles. The highest BCUT2D eigenvalue weighted by molar-refractivity contribution is 5.38. The molecule has 1 aromatic rings. The summed E-state index contributed by atoms with van der Waals surface area (Å²) in [6.45, 7) is 3.90. The van der Waals surface area contributed by atoms with E-state index in [1.54, 1.807) is 6.07 Å². The maximum Gasteiger partial charge on any atom is 0.252 e. The van der Waals surface area contributed by atoms with Gasteiger partial charge in [0.25, 0.3) is 5.56 Å². The number of aromatic nitrogens is 2. The van der Waals surface area contributed by atoms with Gasteiger partial charge in [-0.05, 0) is 19.3 Å². The minimum Gasteiger partial charge on any atom is -0.356 e. The monoisotopic (exact) mass is 234 g/mol. The Bertz CT molecular complexity index is 446. The predicted octanol–water partition coefficient (Wildman–Crippen LogP) is 0.447. The van der Waals surface area contributed by atoms with E-state index in [1.165, 1.54) is 19.3 Å². The first-order valence-corrected chi connectivity index (χ1v) is 6.40. The summed E-state index contributed by atoms with van der Waals surface area (Å²) in [6, 6.07) is 1.63. The predicted molar refractivity (Wildman–Crippen MR) is 66.5 cm³/mol. The van der Waals surface area contributed by atoms with Crippen molar-refractivity contribution in [3.05, 3.63) is 22.2 Å². The van der Waals surface area contributed by atoms with Gasteiger partial charge < -0.3 is 15.2 Å². The molecular weight excluding hydrogens is 216 g/mol. The SMILES string of the molecule is O=c1cc(N2CCCCC2)nc(C2CNC2)[nH]1. The Balaban J connectivity index is 1.87. The molecule has 0 spiro atoms. The van der Waals surface area contributed by atoms with Crippen LogP contribution in [-0.4, -0.2) is 36.1 Å². The summed E-state index contributed by atoms with van der Waals surface area (Å²) in [5.41, 5.74) is -0.0255. The van der Waals surface area contributed by atoms with E-state index in [0.29, 0.717) is 5.92 Å². The number of piperidine rings is 1. The molecule has 2 N–H and O–H groups in total. The van der Waals surface area contributed by atoms with Crippen LogP contribution in [0.15, 0.2) is 10.9 Å². The molecule has 2 fully saturated rings. The second-order valence-corrected chi connectivity index (χ2v) is 4.89. The van der Waals surface area contributed by atoms with Crippen LogP contribution in [0.4, 0.5) is 5.82 Å². The highest BCUT2D eigenvalue weighted by Gasteiger charge is 2.23. The van der Waals surface area contributed by atoms with Crippen LogP contribution >= 0.6 is 0 Å². The fourth-order valence-corrected chi connectivity index (χ4v) is 2.42. The van der Waals surface area contributed by atoms with Gasteiger partial charge in [-0.15, -0.1) is 0 Å². The first-order chi connectivity index (χ1) is 8.33. The number of nitrogens with one attached hydrogen (secondary N) is 2. The summed E-state index contributed by atoms with van der Waals surface area (Å²) in [4.78, 5) is 21.4. The molecule has 0 radical (unpaired) electrons. The Hall–Kier alpha value is -1.36. The van der Waals surface area contributed by atoms with Gasteiger partial charge in [0.2, 0.25) is 0 Å². The number of H-pyrrole nitrogens is 1. The van der Waals surface area contributed by atoms with Gasteiger partial charge in [0, 0.05) is 38.2 Å². The molecule has 1 aromatic heterocycles. The van der Waals surface area contributed by atoms with Crippen LogP contribution in [0.1, 0.15) is 31.0 Å². The molecule has 0 aromatic carbocycles. The lowest BCUT2D eigenvalue weighted by Crippen LogP contribution is -2.42. The van der Waals surface area contributed by atoms with Crippen molar-refractivity contribution in [2.45, 2.75) is 25.2 Å². The standard InChI is InChI=1S/C12H18N4O/c17-11-6-10(16-4-2-1-3-5-16)14-12(15-11)9-7-13-8-9/h6,9,13H,1-5,7-8H2,(H,14,15,17). The summed E-state index contributed by atoms with van der Waals surface area (Å²) < 4.78 is 0. The fourth-order valence-electron chi connectivity index (χ4n) is 2.42. The van der Waals surface area contributed by atoms with E-state index in [9.17, 15) is 4.79 Å². The largest absolute Gasteiger partial charge is 0.356 e. The zero-order valence-corrected chi connectivity index (χ0v) is 9.91. The van der Waals surface area contributed by atoms with E-state index < -0.39 is 0 Å². The van der Waals surface area contributed by atoms with E-state index in [0.717, 1.165) is 37.8 Å². The maximum absolute atomic E-state index is 11.7. The Morgan fingerprint density at radius 2 is 2.00 bits per heavy atom. The van der Waals surface area contributed by atoms with Crippen molar-refractivity contribution < 1.29 is 0 Å². The van der Waals surface area contributed by atoms with Gasteiger partial charge in [-0.25, -0.2) is 4.98 Å². The number of anilines is 1. The van der Waals surface area contributed by atoms with Gasteiger partial charge in [-0.3, -0.25) is 4.79 Å². The van der Waals surface area contributed by atoms with Crippen LogP contribution in [0.25, 0.3) is 0 Å². The topological polar surface area (TPSA) is 61.0 Å². The molecule has 0 saturated carbocycles. The Morgan fingerprint density at radius 3 is 2.65 bits per heavy atom. The average Bonchev–Trinajstić information content (AvgIpc) is 2.27. The molecule has 5 nitrogen and oxygen atoms in total. The number of nitrogens with zero attached hydrogens (tertiary/aromatic N) is 2. The Morgan fingerprint density at radius 1 is 1.24 bits per heavy atom. The van der Waals surface area contributed by atoms with Crippen molar-refractivity contribution in [1.29, 1.82) is 0 Å². The van der Waals surface area contributed by atoms with E-state index in [-0.39, 0.29) is 5.56 Å². The number of aromatic amines is 1. The average molecular weight is 234 g/mol. The van der Waals surface area contributed by atoms with Crippen LogP contribution in [-0.2, 0) is 0 Å². The zero-order valence-electron chi connectivity index (χ0n) is 9.91. The van der Waals surface area contributed by atoms with E-state index in [1.807, 2.05) is 0 Å². The Kier molecular flexibility index (Phi) is 2.84. The molecule has 0 unspecified atom stereocenters. The summed E-state index contributed by atoms with van der Waals surface area (Å²) >= 11 is 0.